The molecule has 0 amide bonds. The largest absolute Gasteiger partial charge is 0.462 e. The lowest BCUT2D eigenvalue weighted by atomic mass is 10.1. The number of thioether (sulfide) groups is 1. The zero-order valence-corrected chi connectivity index (χ0v) is 19.4. The quantitative estimate of drug-likeness (QED) is 0.147. The van der Waals surface area contributed by atoms with Crippen LogP contribution in [0.25, 0.3) is 0 Å². The highest BCUT2D eigenvalue weighted by Crippen LogP contribution is 2.53. The van der Waals surface area contributed by atoms with Crippen molar-refractivity contribution in [3.05, 3.63) is 41.5 Å². The Bertz CT molecular complexity index is 813. The summed E-state index contributed by atoms with van der Waals surface area (Å²) in [5, 5.41) is 0. The Morgan fingerprint density at radius 1 is 1.14 bits per heavy atom. The zero-order valence-electron chi connectivity index (χ0n) is 16.9. The molecule has 0 aliphatic rings. The molecule has 1 rings (SSSR count). The Hall–Kier alpha value is -1.51. The summed E-state index contributed by atoms with van der Waals surface area (Å²) in [4.78, 5) is 24.1. The maximum atomic E-state index is 12.7. The first-order valence-corrected chi connectivity index (χ1v) is 11.9. The molecular weight excluding hydrogens is 435 g/mol. The van der Waals surface area contributed by atoms with Crippen molar-refractivity contribution >= 4 is 47.5 Å². The summed E-state index contributed by atoms with van der Waals surface area (Å²) >= 11 is 6.36. The fourth-order valence-corrected chi connectivity index (χ4v) is 5.08. The van der Waals surface area contributed by atoms with Gasteiger partial charge >= 0.3 is 19.5 Å². The monoisotopic (exact) mass is 460 g/mol. The predicted octanol–water partition coefficient (Wildman–Crippen LogP) is 5.13. The van der Waals surface area contributed by atoms with Gasteiger partial charge < -0.3 is 18.5 Å². The number of carbonyl (C=O) groups excluding carboxylic acids is 2. The van der Waals surface area contributed by atoms with E-state index in [2.05, 4.69) is 6.58 Å². The molecule has 0 aromatic heterocycles. The van der Waals surface area contributed by atoms with Gasteiger partial charge in [-0.25, -0.2) is 9.59 Å². The van der Waals surface area contributed by atoms with Gasteiger partial charge in [0.1, 0.15) is 11.3 Å². The van der Waals surface area contributed by atoms with Gasteiger partial charge in [0.2, 0.25) is 0 Å². The molecule has 0 fully saturated rings. The van der Waals surface area contributed by atoms with E-state index >= 15 is 0 Å². The summed E-state index contributed by atoms with van der Waals surface area (Å²) in [7, 11) is -3.51. The van der Waals surface area contributed by atoms with E-state index in [0.29, 0.717) is 11.3 Å². The van der Waals surface area contributed by atoms with Crippen LogP contribution in [0, 0.1) is 0 Å². The minimum atomic E-state index is -3.51. The van der Waals surface area contributed by atoms with Gasteiger partial charge in [0.05, 0.1) is 19.8 Å². The maximum absolute atomic E-state index is 12.7. The van der Waals surface area contributed by atoms with Crippen LogP contribution < -0.4 is 4.74 Å². The highest BCUT2D eigenvalue weighted by atomic mass is 32.2. The zero-order chi connectivity index (χ0) is 22.0. The normalized spacial score (nSPS) is 11.0. The molecule has 0 atom stereocenters. The van der Waals surface area contributed by atoms with E-state index in [1.165, 1.54) is 19.1 Å². The van der Waals surface area contributed by atoms with Crippen molar-refractivity contribution < 1.29 is 32.7 Å². The van der Waals surface area contributed by atoms with E-state index in [4.69, 9.17) is 30.7 Å². The molecule has 1 aromatic rings. The molecule has 7 nitrogen and oxygen atoms in total. The number of thiocarbonyl (C=S) groups is 1. The highest BCUT2D eigenvalue weighted by Gasteiger charge is 2.30. The molecular formula is C19H25O7PS2. The van der Waals surface area contributed by atoms with E-state index in [0.717, 1.165) is 11.8 Å². The second kappa shape index (κ2) is 12.2. The summed E-state index contributed by atoms with van der Waals surface area (Å²) in [6.45, 7) is 10.7. The Kier molecular flexibility index (Phi) is 10.8. The fraction of sp³-hybridized carbons (Fsp3) is 0.421. The number of benzene rings is 1. The van der Waals surface area contributed by atoms with Crippen LogP contribution in [0.5, 0.6) is 5.75 Å². The number of hydrogen-bond acceptors (Lipinski definition) is 9. The van der Waals surface area contributed by atoms with Gasteiger partial charge in [0.15, 0.2) is 3.94 Å². The lowest BCUT2D eigenvalue weighted by Gasteiger charge is -2.17. The molecule has 0 aliphatic heterocycles. The van der Waals surface area contributed by atoms with E-state index in [1.807, 2.05) is 0 Å². The SMILES string of the molecule is C=C(C)C(=O)Oc1cc(CSC(=S)P(=O)(OCC)OCC)ccc1C(=O)OCC. The summed E-state index contributed by atoms with van der Waals surface area (Å²) in [5.74, 6) is -0.903. The van der Waals surface area contributed by atoms with Crippen molar-refractivity contribution in [2.45, 2.75) is 33.4 Å². The number of esters is 2. The molecule has 0 spiro atoms. The van der Waals surface area contributed by atoms with Crippen molar-refractivity contribution in [2.75, 3.05) is 19.8 Å². The fourth-order valence-electron chi connectivity index (χ4n) is 2.01. The Morgan fingerprint density at radius 2 is 1.76 bits per heavy atom. The minimum Gasteiger partial charge on any atom is -0.462 e. The number of rotatable bonds is 11. The number of carbonyl (C=O) groups is 2. The highest BCUT2D eigenvalue weighted by molar-refractivity contribution is 8.35. The van der Waals surface area contributed by atoms with Crippen LogP contribution in [0.1, 0.15) is 43.6 Å². The van der Waals surface area contributed by atoms with Crippen LogP contribution in [0.15, 0.2) is 30.4 Å². The van der Waals surface area contributed by atoms with Crippen molar-refractivity contribution in [1.29, 1.82) is 0 Å². The molecule has 0 unspecified atom stereocenters. The lowest BCUT2D eigenvalue weighted by Crippen LogP contribution is -2.13. The standard InChI is InChI=1S/C19H25O7PS2/c1-6-23-18(21)15-10-9-14(11-16(15)26-17(20)13(4)5)12-29-19(28)27(22,24-7-2)25-8-3/h9-11H,4,6-8,12H2,1-3,5H3. The first kappa shape index (κ1) is 25.5. The van der Waals surface area contributed by atoms with E-state index in [-0.39, 0.29) is 40.6 Å². The smallest absolute Gasteiger partial charge is 0.378 e. The van der Waals surface area contributed by atoms with Crippen LogP contribution in [-0.2, 0) is 28.9 Å². The van der Waals surface area contributed by atoms with Crippen molar-refractivity contribution in [2.24, 2.45) is 0 Å². The van der Waals surface area contributed by atoms with Gasteiger partial charge in [-0.3, -0.25) is 4.57 Å². The van der Waals surface area contributed by atoms with Gasteiger partial charge in [-0.15, -0.1) is 11.8 Å². The van der Waals surface area contributed by atoms with Crippen LogP contribution in [0.4, 0.5) is 0 Å². The van der Waals surface area contributed by atoms with Crippen molar-refractivity contribution in [3.63, 3.8) is 0 Å². The second-order valence-electron chi connectivity index (χ2n) is 5.61. The van der Waals surface area contributed by atoms with E-state index < -0.39 is 19.5 Å². The molecule has 0 heterocycles. The molecule has 0 N–H and O–H groups in total. The van der Waals surface area contributed by atoms with Gasteiger partial charge in [-0.05, 0) is 45.4 Å². The lowest BCUT2D eigenvalue weighted by molar-refractivity contribution is -0.130. The van der Waals surface area contributed by atoms with Crippen LogP contribution in [0.3, 0.4) is 0 Å². The first-order chi connectivity index (χ1) is 13.7. The van der Waals surface area contributed by atoms with Crippen molar-refractivity contribution in [3.8, 4) is 5.75 Å². The third-order valence-electron chi connectivity index (χ3n) is 3.28. The predicted molar refractivity (Wildman–Crippen MR) is 118 cm³/mol. The van der Waals surface area contributed by atoms with Gasteiger partial charge in [0, 0.05) is 11.3 Å². The first-order valence-electron chi connectivity index (χ1n) is 8.92. The average Bonchev–Trinajstić information content (AvgIpc) is 2.66. The maximum Gasteiger partial charge on any atom is 0.378 e. The van der Waals surface area contributed by atoms with Gasteiger partial charge in [0.25, 0.3) is 0 Å². The summed E-state index contributed by atoms with van der Waals surface area (Å²) in [6, 6.07) is 4.71. The summed E-state index contributed by atoms with van der Waals surface area (Å²) in [5.41, 5.74) is 0.997. The van der Waals surface area contributed by atoms with E-state index in [1.54, 1.807) is 26.8 Å². The number of ether oxygens (including phenoxy) is 2. The van der Waals surface area contributed by atoms with Crippen LogP contribution in [-0.4, -0.2) is 35.7 Å². The number of hydrogen-bond donors (Lipinski definition) is 0. The molecule has 1 aromatic carbocycles. The molecule has 0 saturated carbocycles. The van der Waals surface area contributed by atoms with Gasteiger partial charge in [-0.1, -0.05) is 24.9 Å². The Morgan fingerprint density at radius 3 is 2.28 bits per heavy atom. The van der Waals surface area contributed by atoms with E-state index in [9.17, 15) is 14.2 Å². The molecule has 160 valence electrons. The Balaban J connectivity index is 3.06. The molecule has 0 bridgehead atoms. The summed E-state index contributed by atoms with van der Waals surface area (Å²) in [6.07, 6.45) is 0. The third kappa shape index (κ3) is 7.68. The average molecular weight is 461 g/mol. The summed E-state index contributed by atoms with van der Waals surface area (Å²) < 4.78 is 33.5. The third-order valence-corrected chi connectivity index (χ3v) is 7.73. The Labute approximate surface area is 180 Å². The topological polar surface area (TPSA) is 88.1 Å². The molecule has 10 heteroatoms. The minimum absolute atomic E-state index is 0.0540. The second-order valence-corrected chi connectivity index (χ2v) is 9.82. The molecule has 29 heavy (non-hydrogen) atoms. The van der Waals surface area contributed by atoms with Gasteiger partial charge in [-0.2, -0.15) is 0 Å². The van der Waals surface area contributed by atoms with Crippen LogP contribution >= 0.6 is 31.6 Å². The molecule has 0 saturated heterocycles. The van der Waals surface area contributed by atoms with Crippen LogP contribution in [0.2, 0.25) is 0 Å². The van der Waals surface area contributed by atoms with Crippen molar-refractivity contribution in [1.82, 2.24) is 0 Å². The molecule has 0 radical (unpaired) electrons. The molecule has 0 aliphatic carbocycles.